The van der Waals surface area contributed by atoms with Crippen molar-refractivity contribution < 1.29 is 14.7 Å². The number of amides is 2. The summed E-state index contributed by atoms with van der Waals surface area (Å²) in [6.45, 7) is 0.368. The van der Waals surface area contributed by atoms with Crippen LogP contribution in [0.4, 0.5) is 11.4 Å². The van der Waals surface area contributed by atoms with Crippen LogP contribution in [0.2, 0.25) is 5.02 Å². The minimum absolute atomic E-state index is 0.00587. The van der Waals surface area contributed by atoms with Gasteiger partial charge in [0.25, 0.3) is 0 Å². The second kappa shape index (κ2) is 5.37. The first-order chi connectivity index (χ1) is 8.61. The number of rotatable bonds is 3. The third-order valence-electron chi connectivity index (χ3n) is 2.68. The van der Waals surface area contributed by atoms with E-state index in [-0.39, 0.29) is 24.8 Å². The van der Waals surface area contributed by atoms with E-state index in [4.69, 9.17) is 16.7 Å². The zero-order valence-corrected chi connectivity index (χ0v) is 10.4. The smallest absolute Gasteiger partial charge is 0.236 e. The maximum atomic E-state index is 11.9. The highest BCUT2D eigenvalue weighted by Gasteiger charge is 2.25. The first-order valence-electron chi connectivity index (χ1n) is 5.62. The van der Waals surface area contributed by atoms with Gasteiger partial charge in [0.15, 0.2) is 0 Å². The summed E-state index contributed by atoms with van der Waals surface area (Å²) >= 11 is 5.87. The van der Waals surface area contributed by atoms with Crippen LogP contribution in [0.3, 0.4) is 0 Å². The summed E-state index contributed by atoms with van der Waals surface area (Å²) in [5.41, 5.74) is 1.14. The molecule has 18 heavy (non-hydrogen) atoms. The first-order valence-corrected chi connectivity index (χ1v) is 6.00. The molecule has 0 bridgehead atoms. The highest BCUT2D eigenvalue weighted by molar-refractivity contribution is 6.31. The predicted octanol–water partition coefficient (Wildman–Crippen LogP) is 1.40. The third kappa shape index (κ3) is 2.63. The summed E-state index contributed by atoms with van der Waals surface area (Å²) in [6, 6.07) is 4.97. The minimum Gasteiger partial charge on any atom is -0.396 e. The van der Waals surface area contributed by atoms with Gasteiger partial charge in [-0.15, -0.1) is 0 Å². The predicted molar refractivity (Wildman–Crippen MR) is 68.8 cm³/mol. The zero-order chi connectivity index (χ0) is 13.1. The van der Waals surface area contributed by atoms with E-state index >= 15 is 0 Å². The molecule has 0 saturated carbocycles. The number of hydrogen-bond donors (Lipinski definition) is 2. The van der Waals surface area contributed by atoms with Crippen LogP contribution in [0.25, 0.3) is 0 Å². The largest absolute Gasteiger partial charge is 0.396 e. The summed E-state index contributed by atoms with van der Waals surface area (Å²) in [5.74, 6) is -0.628. The van der Waals surface area contributed by atoms with E-state index in [1.807, 2.05) is 0 Å². The number of carbonyl (C=O) groups is 2. The number of anilines is 2. The lowest BCUT2D eigenvalue weighted by atomic mass is 10.2. The van der Waals surface area contributed by atoms with Gasteiger partial charge in [-0.25, -0.2) is 0 Å². The second-order valence-corrected chi connectivity index (χ2v) is 4.45. The SMILES string of the molecule is O=C1CC(=O)N(CCCO)c2ccc(Cl)cc2N1. The number of carbonyl (C=O) groups excluding carboxylic acids is 2. The molecule has 1 aliphatic rings. The monoisotopic (exact) mass is 268 g/mol. The fourth-order valence-electron chi connectivity index (χ4n) is 1.88. The van der Waals surface area contributed by atoms with Gasteiger partial charge in [0, 0.05) is 18.2 Å². The number of aliphatic hydroxyl groups is 1. The van der Waals surface area contributed by atoms with Crippen LogP contribution in [0, 0.1) is 0 Å². The standard InChI is InChI=1S/C12H13ClN2O3/c13-8-2-3-10-9(6-8)14-11(17)7-12(18)15(10)4-1-5-16/h2-3,6,16H,1,4-5,7H2,(H,14,17). The van der Waals surface area contributed by atoms with Gasteiger partial charge in [0.2, 0.25) is 11.8 Å². The molecule has 1 heterocycles. The number of fused-ring (bicyclic) bond motifs is 1. The Balaban J connectivity index is 2.40. The molecule has 1 aliphatic heterocycles. The van der Waals surface area contributed by atoms with Crippen LogP contribution in [-0.4, -0.2) is 30.1 Å². The molecule has 0 radical (unpaired) electrons. The molecule has 0 spiro atoms. The van der Waals surface area contributed by atoms with Crippen LogP contribution in [-0.2, 0) is 9.59 Å². The molecule has 2 rings (SSSR count). The molecule has 0 saturated heterocycles. The van der Waals surface area contributed by atoms with E-state index in [2.05, 4.69) is 5.32 Å². The lowest BCUT2D eigenvalue weighted by molar-refractivity contribution is -0.124. The minimum atomic E-state index is -0.352. The van der Waals surface area contributed by atoms with Gasteiger partial charge in [-0.05, 0) is 24.6 Å². The van der Waals surface area contributed by atoms with E-state index in [9.17, 15) is 9.59 Å². The quantitative estimate of drug-likeness (QED) is 0.814. The van der Waals surface area contributed by atoms with Crippen molar-refractivity contribution in [2.45, 2.75) is 12.8 Å². The van der Waals surface area contributed by atoms with E-state index in [0.717, 1.165) is 0 Å². The van der Waals surface area contributed by atoms with Crippen LogP contribution in [0.5, 0.6) is 0 Å². The molecule has 0 aromatic heterocycles. The van der Waals surface area contributed by atoms with Gasteiger partial charge in [-0.2, -0.15) is 0 Å². The summed E-state index contributed by atoms with van der Waals surface area (Å²) in [4.78, 5) is 25.0. The Kier molecular flexibility index (Phi) is 3.84. The van der Waals surface area contributed by atoms with Gasteiger partial charge in [0.05, 0.1) is 11.4 Å². The van der Waals surface area contributed by atoms with Crippen molar-refractivity contribution in [3.05, 3.63) is 23.2 Å². The highest BCUT2D eigenvalue weighted by atomic mass is 35.5. The molecule has 0 fully saturated rings. The summed E-state index contributed by atoms with van der Waals surface area (Å²) in [5, 5.41) is 12.0. The fourth-order valence-corrected chi connectivity index (χ4v) is 2.05. The molecule has 0 atom stereocenters. The molecule has 5 nitrogen and oxygen atoms in total. The van der Waals surface area contributed by atoms with Crippen molar-refractivity contribution in [2.24, 2.45) is 0 Å². The van der Waals surface area contributed by atoms with Crippen LogP contribution in [0.15, 0.2) is 18.2 Å². The first kappa shape index (κ1) is 12.9. The molecular weight excluding hydrogens is 256 g/mol. The summed E-state index contributed by atoms with van der Waals surface area (Å²) in [7, 11) is 0. The van der Waals surface area contributed by atoms with Crippen molar-refractivity contribution in [1.29, 1.82) is 0 Å². The van der Waals surface area contributed by atoms with Gasteiger partial charge < -0.3 is 15.3 Å². The molecule has 6 heteroatoms. The van der Waals surface area contributed by atoms with Crippen molar-refractivity contribution in [3.8, 4) is 0 Å². The number of benzene rings is 1. The average molecular weight is 269 g/mol. The van der Waals surface area contributed by atoms with Crippen molar-refractivity contribution in [2.75, 3.05) is 23.4 Å². The number of halogens is 1. The Morgan fingerprint density at radius 1 is 1.39 bits per heavy atom. The molecule has 2 N–H and O–H groups in total. The topological polar surface area (TPSA) is 69.6 Å². The number of nitrogens with one attached hydrogen (secondary N) is 1. The van der Waals surface area contributed by atoms with Crippen LogP contribution in [0.1, 0.15) is 12.8 Å². The number of aliphatic hydroxyl groups excluding tert-OH is 1. The summed E-state index contributed by atoms with van der Waals surface area (Å²) < 4.78 is 0. The maximum Gasteiger partial charge on any atom is 0.236 e. The third-order valence-corrected chi connectivity index (χ3v) is 2.91. The Labute approximate surface area is 109 Å². The maximum absolute atomic E-state index is 11.9. The zero-order valence-electron chi connectivity index (χ0n) is 9.65. The van der Waals surface area contributed by atoms with E-state index < -0.39 is 0 Å². The van der Waals surface area contributed by atoms with Gasteiger partial charge in [-0.1, -0.05) is 11.6 Å². The number of hydrogen-bond acceptors (Lipinski definition) is 3. The Morgan fingerprint density at radius 3 is 2.89 bits per heavy atom. The van der Waals surface area contributed by atoms with Crippen LogP contribution >= 0.6 is 11.6 Å². The molecule has 0 unspecified atom stereocenters. The Morgan fingerprint density at radius 2 is 2.17 bits per heavy atom. The summed E-state index contributed by atoms with van der Waals surface area (Å²) in [6.07, 6.45) is 0.264. The average Bonchev–Trinajstić information content (AvgIpc) is 2.42. The van der Waals surface area contributed by atoms with E-state index in [1.54, 1.807) is 18.2 Å². The molecule has 96 valence electrons. The fraction of sp³-hybridized carbons (Fsp3) is 0.333. The van der Waals surface area contributed by atoms with Crippen molar-refractivity contribution in [3.63, 3.8) is 0 Å². The van der Waals surface area contributed by atoms with Gasteiger partial charge in [-0.3, -0.25) is 9.59 Å². The van der Waals surface area contributed by atoms with E-state index in [1.165, 1.54) is 4.90 Å². The normalized spacial score (nSPS) is 15.1. The molecular formula is C12H13ClN2O3. The molecule has 0 aliphatic carbocycles. The Hall–Kier alpha value is -1.59. The second-order valence-electron chi connectivity index (χ2n) is 4.01. The van der Waals surface area contributed by atoms with Crippen molar-refractivity contribution in [1.82, 2.24) is 0 Å². The lowest BCUT2D eigenvalue weighted by Crippen LogP contribution is -2.32. The molecule has 2 amide bonds. The lowest BCUT2D eigenvalue weighted by Gasteiger charge is -2.21. The van der Waals surface area contributed by atoms with Gasteiger partial charge in [0.1, 0.15) is 6.42 Å². The number of nitrogens with zero attached hydrogens (tertiary/aromatic N) is 1. The van der Waals surface area contributed by atoms with E-state index in [0.29, 0.717) is 29.4 Å². The molecule has 1 aromatic carbocycles. The highest BCUT2D eigenvalue weighted by Crippen LogP contribution is 2.31. The van der Waals surface area contributed by atoms with Crippen molar-refractivity contribution >= 4 is 34.8 Å². The van der Waals surface area contributed by atoms with Crippen LogP contribution < -0.4 is 10.2 Å². The van der Waals surface area contributed by atoms with Gasteiger partial charge >= 0.3 is 0 Å². The molecule has 1 aromatic rings. The Bertz CT molecular complexity index is 490.